The van der Waals surface area contributed by atoms with Crippen LogP contribution >= 0.6 is 0 Å². The summed E-state index contributed by atoms with van der Waals surface area (Å²) in [5.74, 6) is 0. The number of rotatable bonds is 2. The molecule has 1 heterocycles. The van der Waals surface area contributed by atoms with Crippen LogP contribution < -0.4 is 10.6 Å². The first-order valence-corrected chi connectivity index (χ1v) is 6.66. The van der Waals surface area contributed by atoms with Crippen LogP contribution in [-0.2, 0) is 4.74 Å². The van der Waals surface area contributed by atoms with E-state index in [1.54, 1.807) is 0 Å². The maximum Gasteiger partial charge on any atom is 0.408 e. The van der Waals surface area contributed by atoms with Gasteiger partial charge in [-0.15, -0.1) is 0 Å². The van der Waals surface area contributed by atoms with Crippen molar-refractivity contribution >= 4 is 6.09 Å². The van der Waals surface area contributed by atoms with Crippen LogP contribution in [0, 0.1) is 0 Å². The molecular weight excluding hydrogens is 216 g/mol. The molecule has 4 heteroatoms. The van der Waals surface area contributed by atoms with Crippen molar-refractivity contribution in [3.05, 3.63) is 0 Å². The minimum absolute atomic E-state index is 0.0250. The predicted octanol–water partition coefficient (Wildman–Crippen LogP) is 2.19. The molecule has 1 aliphatic heterocycles. The summed E-state index contributed by atoms with van der Waals surface area (Å²) in [5.41, 5.74) is -0.442. The molecular formula is C13H24N2O2. The van der Waals surface area contributed by atoms with E-state index in [-0.39, 0.29) is 11.6 Å². The number of hydrogen-bond acceptors (Lipinski definition) is 3. The Labute approximate surface area is 103 Å². The second-order valence-electron chi connectivity index (χ2n) is 6.29. The maximum absolute atomic E-state index is 11.8. The number of alkyl carbamates (subject to hydrolysis) is 1. The zero-order valence-corrected chi connectivity index (χ0v) is 11.1. The lowest BCUT2D eigenvalue weighted by Crippen LogP contribution is -2.54. The van der Waals surface area contributed by atoms with Gasteiger partial charge in [0.1, 0.15) is 5.60 Å². The van der Waals surface area contributed by atoms with Crippen LogP contribution in [0.25, 0.3) is 0 Å². The van der Waals surface area contributed by atoms with Crippen molar-refractivity contribution in [2.45, 2.75) is 70.1 Å². The molecule has 17 heavy (non-hydrogen) atoms. The van der Waals surface area contributed by atoms with Crippen LogP contribution in [0.3, 0.4) is 0 Å². The molecule has 1 saturated heterocycles. The first kappa shape index (κ1) is 12.7. The molecule has 0 aromatic heterocycles. The summed E-state index contributed by atoms with van der Waals surface area (Å²) in [7, 11) is 0. The Hall–Kier alpha value is -0.770. The first-order valence-electron chi connectivity index (χ1n) is 6.66. The highest BCUT2D eigenvalue weighted by atomic mass is 16.6. The Morgan fingerprint density at radius 3 is 2.53 bits per heavy atom. The van der Waals surface area contributed by atoms with Gasteiger partial charge in [-0.1, -0.05) is 6.42 Å². The van der Waals surface area contributed by atoms with E-state index < -0.39 is 5.60 Å². The number of hydrogen-bond donors (Lipinski definition) is 2. The van der Waals surface area contributed by atoms with Gasteiger partial charge in [-0.05, 0) is 53.0 Å². The van der Waals surface area contributed by atoms with Crippen molar-refractivity contribution in [2.75, 3.05) is 6.54 Å². The molecule has 2 fully saturated rings. The van der Waals surface area contributed by atoms with E-state index in [0.29, 0.717) is 6.04 Å². The molecule has 2 N–H and O–H groups in total. The lowest BCUT2D eigenvalue weighted by atomic mass is 9.96. The third-order valence-electron chi connectivity index (χ3n) is 3.52. The van der Waals surface area contributed by atoms with Crippen LogP contribution in [0.15, 0.2) is 0 Å². The SMILES string of the molecule is CC(C)(C)OC(=O)NC1([C@H]2CCCCN2)CC1. The quantitative estimate of drug-likeness (QED) is 0.778. The minimum atomic E-state index is -0.417. The Balaban J connectivity index is 1.87. The molecule has 2 rings (SSSR count). The topological polar surface area (TPSA) is 50.4 Å². The van der Waals surface area contributed by atoms with Gasteiger partial charge < -0.3 is 15.4 Å². The molecule has 0 aromatic rings. The smallest absolute Gasteiger partial charge is 0.408 e. The van der Waals surface area contributed by atoms with Crippen LogP contribution in [0.2, 0.25) is 0 Å². The van der Waals surface area contributed by atoms with Crippen molar-refractivity contribution in [1.29, 1.82) is 0 Å². The highest BCUT2D eigenvalue weighted by Gasteiger charge is 2.51. The molecule has 0 aromatic carbocycles. The number of nitrogens with one attached hydrogen (secondary N) is 2. The molecule has 0 unspecified atom stereocenters. The van der Waals surface area contributed by atoms with Crippen LogP contribution in [0.1, 0.15) is 52.9 Å². The normalized spacial score (nSPS) is 27.4. The highest BCUT2D eigenvalue weighted by Crippen LogP contribution is 2.41. The monoisotopic (exact) mass is 240 g/mol. The lowest BCUT2D eigenvalue weighted by molar-refractivity contribution is 0.0477. The van der Waals surface area contributed by atoms with Crippen molar-refractivity contribution in [1.82, 2.24) is 10.6 Å². The van der Waals surface area contributed by atoms with Gasteiger partial charge in [-0.2, -0.15) is 0 Å². The average Bonchev–Trinajstić information content (AvgIpc) is 2.97. The molecule has 2 aliphatic rings. The molecule has 1 amide bonds. The first-order chi connectivity index (χ1) is 7.91. The zero-order chi connectivity index (χ0) is 12.5. The van der Waals surface area contributed by atoms with Gasteiger partial charge in [-0.3, -0.25) is 0 Å². The Morgan fingerprint density at radius 1 is 1.35 bits per heavy atom. The van der Waals surface area contributed by atoms with Gasteiger partial charge >= 0.3 is 6.09 Å². The summed E-state index contributed by atoms with van der Waals surface area (Å²) in [6.45, 7) is 6.75. The molecule has 0 spiro atoms. The molecule has 1 aliphatic carbocycles. The molecule has 1 saturated carbocycles. The highest BCUT2D eigenvalue weighted by molar-refractivity contribution is 5.69. The van der Waals surface area contributed by atoms with Gasteiger partial charge in [0.25, 0.3) is 0 Å². The van der Waals surface area contributed by atoms with E-state index >= 15 is 0 Å². The number of carbonyl (C=O) groups excluding carboxylic acids is 1. The third kappa shape index (κ3) is 3.35. The van der Waals surface area contributed by atoms with Gasteiger partial charge in [0.05, 0.1) is 5.54 Å². The Bertz CT molecular complexity index is 286. The van der Waals surface area contributed by atoms with E-state index in [1.165, 1.54) is 12.8 Å². The lowest BCUT2D eigenvalue weighted by Gasteiger charge is -2.32. The molecule has 0 radical (unpaired) electrons. The summed E-state index contributed by atoms with van der Waals surface area (Å²) < 4.78 is 5.33. The molecule has 0 bridgehead atoms. The van der Waals surface area contributed by atoms with Crippen molar-refractivity contribution in [2.24, 2.45) is 0 Å². The Kier molecular flexibility index (Phi) is 3.34. The number of amides is 1. The minimum Gasteiger partial charge on any atom is -0.444 e. The standard InChI is InChI=1S/C13H24N2O2/c1-12(2,3)17-11(16)15-13(7-8-13)10-6-4-5-9-14-10/h10,14H,4-9H2,1-3H3,(H,15,16)/t10-/m1/s1. The van der Waals surface area contributed by atoms with E-state index in [1.807, 2.05) is 20.8 Å². The average molecular weight is 240 g/mol. The summed E-state index contributed by atoms with van der Waals surface area (Å²) in [5, 5.41) is 6.59. The van der Waals surface area contributed by atoms with E-state index in [0.717, 1.165) is 25.8 Å². The van der Waals surface area contributed by atoms with E-state index in [9.17, 15) is 4.79 Å². The fourth-order valence-electron chi connectivity index (χ4n) is 2.53. The number of carbonyl (C=O) groups is 1. The number of ether oxygens (including phenoxy) is 1. The van der Waals surface area contributed by atoms with Gasteiger partial charge in [0.15, 0.2) is 0 Å². The predicted molar refractivity (Wildman–Crippen MR) is 67.0 cm³/mol. The zero-order valence-electron chi connectivity index (χ0n) is 11.1. The molecule has 4 nitrogen and oxygen atoms in total. The third-order valence-corrected chi connectivity index (χ3v) is 3.52. The van der Waals surface area contributed by atoms with Crippen LogP contribution in [-0.4, -0.2) is 29.8 Å². The largest absolute Gasteiger partial charge is 0.444 e. The summed E-state index contributed by atoms with van der Waals surface area (Å²) in [6, 6.07) is 0.434. The van der Waals surface area contributed by atoms with Crippen LogP contribution in [0.4, 0.5) is 4.79 Å². The number of piperidine rings is 1. The van der Waals surface area contributed by atoms with Gasteiger partial charge in [0, 0.05) is 6.04 Å². The van der Waals surface area contributed by atoms with Crippen molar-refractivity contribution in [3.8, 4) is 0 Å². The van der Waals surface area contributed by atoms with Crippen molar-refractivity contribution < 1.29 is 9.53 Å². The van der Waals surface area contributed by atoms with Gasteiger partial charge in [-0.25, -0.2) is 4.79 Å². The van der Waals surface area contributed by atoms with Gasteiger partial charge in [0.2, 0.25) is 0 Å². The van der Waals surface area contributed by atoms with E-state index in [4.69, 9.17) is 4.74 Å². The van der Waals surface area contributed by atoms with Crippen molar-refractivity contribution in [3.63, 3.8) is 0 Å². The fraction of sp³-hybridized carbons (Fsp3) is 0.923. The second kappa shape index (κ2) is 4.48. The van der Waals surface area contributed by atoms with Crippen LogP contribution in [0.5, 0.6) is 0 Å². The summed E-state index contributed by atoms with van der Waals surface area (Å²) in [6.07, 6.45) is 5.54. The molecule has 98 valence electrons. The molecule has 1 atom stereocenters. The summed E-state index contributed by atoms with van der Waals surface area (Å²) >= 11 is 0. The van der Waals surface area contributed by atoms with E-state index in [2.05, 4.69) is 10.6 Å². The second-order valence-corrected chi connectivity index (χ2v) is 6.29. The maximum atomic E-state index is 11.8. The fourth-order valence-corrected chi connectivity index (χ4v) is 2.53. The Morgan fingerprint density at radius 2 is 2.06 bits per heavy atom. The summed E-state index contributed by atoms with van der Waals surface area (Å²) in [4.78, 5) is 11.8.